The first-order valence-electron chi connectivity index (χ1n) is 11.6. The van der Waals surface area contributed by atoms with Gasteiger partial charge in [0.1, 0.15) is 5.82 Å². The average molecular weight is 436 g/mol. The maximum atomic E-state index is 14.0. The second-order valence-electron chi connectivity index (χ2n) is 9.62. The van der Waals surface area contributed by atoms with Crippen LogP contribution in [0.1, 0.15) is 24.0 Å². The van der Waals surface area contributed by atoms with Gasteiger partial charge in [-0.1, -0.05) is 48.5 Å². The molecule has 3 aliphatic rings. The van der Waals surface area contributed by atoms with E-state index in [1.807, 2.05) is 28.0 Å². The third-order valence-electron chi connectivity index (χ3n) is 7.35. The van der Waals surface area contributed by atoms with Crippen LogP contribution in [0.25, 0.3) is 0 Å². The van der Waals surface area contributed by atoms with E-state index in [4.69, 9.17) is 0 Å². The third kappa shape index (κ3) is 4.04. The molecule has 3 aliphatic heterocycles. The predicted molar refractivity (Wildman–Crippen MR) is 120 cm³/mol. The second-order valence-corrected chi connectivity index (χ2v) is 9.62. The highest BCUT2D eigenvalue weighted by molar-refractivity contribution is 5.83. The van der Waals surface area contributed by atoms with Gasteiger partial charge in [0.05, 0.1) is 12.3 Å². The number of likely N-dealkylation sites (tertiary alicyclic amines) is 3. The number of benzene rings is 2. The molecule has 0 bridgehead atoms. The minimum absolute atomic E-state index is 0.0606. The second kappa shape index (κ2) is 8.66. The van der Waals surface area contributed by atoms with Crippen LogP contribution >= 0.6 is 0 Å². The molecule has 0 radical (unpaired) electrons. The van der Waals surface area contributed by atoms with Crippen LogP contribution in [0.4, 0.5) is 4.39 Å². The Balaban J connectivity index is 1.29. The summed E-state index contributed by atoms with van der Waals surface area (Å²) < 4.78 is 14.0. The molecule has 3 saturated heterocycles. The lowest BCUT2D eigenvalue weighted by Gasteiger charge is -2.51. The van der Waals surface area contributed by atoms with Gasteiger partial charge < -0.3 is 9.80 Å². The fourth-order valence-electron chi connectivity index (χ4n) is 5.66. The van der Waals surface area contributed by atoms with E-state index in [1.54, 1.807) is 18.2 Å². The van der Waals surface area contributed by atoms with Crippen LogP contribution in [0.15, 0.2) is 54.6 Å². The van der Waals surface area contributed by atoms with Gasteiger partial charge in [-0.25, -0.2) is 4.39 Å². The number of carbonyl (C=O) groups is 2. The van der Waals surface area contributed by atoms with Gasteiger partial charge in [-0.05, 0) is 30.0 Å². The van der Waals surface area contributed by atoms with Crippen LogP contribution < -0.4 is 0 Å². The van der Waals surface area contributed by atoms with Gasteiger partial charge >= 0.3 is 0 Å². The minimum atomic E-state index is -0.340. The lowest BCUT2D eigenvalue weighted by molar-refractivity contribution is -0.152. The fourth-order valence-corrected chi connectivity index (χ4v) is 5.66. The van der Waals surface area contributed by atoms with Gasteiger partial charge in [0.25, 0.3) is 0 Å². The average Bonchev–Trinajstić information content (AvgIpc) is 3.43. The van der Waals surface area contributed by atoms with Crippen molar-refractivity contribution in [3.8, 4) is 0 Å². The van der Waals surface area contributed by atoms with E-state index >= 15 is 0 Å². The summed E-state index contributed by atoms with van der Waals surface area (Å²) in [5.41, 5.74) is 1.48. The molecule has 0 N–H and O–H groups in total. The highest BCUT2D eigenvalue weighted by atomic mass is 19.1. The van der Waals surface area contributed by atoms with Crippen molar-refractivity contribution in [2.75, 3.05) is 39.3 Å². The van der Waals surface area contributed by atoms with Crippen molar-refractivity contribution in [3.05, 3.63) is 71.5 Å². The Bertz CT molecular complexity index is 984. The molecule has 168 valence electrons. The van der Waals surface area contributed by atoms with Crippen LogP contribution in [0.2, 0.25) is 0 Å². The molecular weight excluding hydrogens is 405 g/mol. The van der Waals surface area contributed by atoms with Gasteiger partial charge in [0.15, 0.2) is 0 Å². The van der Waals surface area contributed by atoms with Crippen molar-refractivity contribution in [2.24, 2.45) is 11.3 Å². The number of halogens is 1. The van der Waals surface area contributed by atoms with Crippen molar-refractivity contribution in [3.63, 3.8) is 0 Å². The van der Waals surface area contributed by atoms with E-state index in [9.17, 15) is 14.0 Å². The molecule has 1 atom stereocenters. The lowest BCUT2D eigenvalue weighted by Crippen LogP contribution is -2.64. The molecule has 0 saturated carbocycles. The number of amides is 2. The maximum Gasteiger partial charge on any atom is 0.227 e. The number of nitrogens with zero attached hydrogens (tertiary/aromatic N) is 3. The number of hydrogen-bond acceptors (Lipinski definition) is 3. The van der Waals surface area contributed by atoms with Crippen molar-refractivity contribution < 1.29 is 14.0 Å². The molecule has 5 rings (SSSR count). The topological polar surface area (TPSA) is 43.9 Å². The highest BCUT2D eigenvalue weighted by Crippen LogP contribution is 2.45. The van der Waals surface area contributed by atoms with E-state index in [-0.39, 0.29) is 35.4 Å². The Morgan fingerprint density at radius 3 is 2.31 bits per heavy atom. The summed E-state index contributed by atoms with van der Waals surface area (Å²) in [5.74, 6) is -0.233. The first-order chi connectivity index (χ1) is 15.5. The Labute approximate surface area is 188 Å². The van der Waals surface area contributed by atoms with Gasteiger partial charge in [-0.15, -0.1) is 0 Å². The van der Waals surface area contributed by atoms with Gasteiger partial charge in [-0.2, -0.15) is 0 Å². The quantitative estimate of drug-likeness (QED) is 0.725. The van der Waals surface area contributed by atoms with Crippen LogP contribution in [-0.2, 0) is 22.6 Å². The summed E-state index contributed by atoms with van der Waals surface area (Å²) in [6, 6.07) is 16.8. The Hall–Kier alpha value is -2.73. The standard InChI is InChI=1S/C26H30FN3O2/c27-23-11-5-4-10-21(23)14-24(31)30-18-26(19-30)17-28(15-20-8-2-1-3-9-20)16-22(26)25(32)29-12-6-7-13-29/h1-5,8-11,22H,6-7,12-19H2. The smallest absolute Gasteiger partial charge is 0.227 e. The molecule has 3 fully saturated rings. The zero-order valence-electron chi connectivity index (χ0n) is 18.4. The van der Waals surface area contributed by atoms with Crippen LogP contribution in [0, 0.1) is 17.2 Å². The third-order valence-corrected chi connectivity index (χ3v) is 7.35. The van der Waals surface area contributed by atoms with Gasteiger partial charge in [0, 0.05) is 51.2 Å². The summed E-state index contributed by atoms with van der Waals surface area (Å²) in [7, 11) is 0. The van der Waals surface area contributed by atoms with Crippen molar-refractivity contribution in [2.45, 2.75) is 25.8 Å². The lowest BCUT2D eigenvalue weighted by atomic mass is 9.70. The molecule has 2 aromatic rings. The number of hydrogen-bond donors (Lipinski definition) is 0. The molecule has 5 nitrogen and oxygen atoms in total. The highest BCUT2D eigenvalue weighted by Gasteiger charge is 2.58. The van der Waals surface area contributed by atoms with Crippen LogP contribution in [0.5, 0.6) is 0 Å². The van der Waals surface area contributed by atoms with E-state index < -0.39 is 0 Å². The zero-order chi connectivity index (χ0) is 22.1. The summed E-state index contributed by atoms with van der Waals surface area (Å²) in [5, 5.41) is 0. The van der Waals surface area contributed by atoms with Crippen molar-refractivity contribution in [1.82, 2.24) is 14.7 Å². The summed E-state index contributed by atoms with van der Waals surface area (Å²) in [4.78, 5) is 32.4. The molecule has 0 aromatic heterocycles. The number of carbonyl (C=O) groups excluding carboxylic acids is 2. The molecule has 2 aromatic carbocycles. The molecule has 6 heteroatoms. The molecule has 32 heavy (non-hydrogen) atoms. The van der Waals surface area contributed by atoms with E-state index in [2.05, 4.69) is 17.0 Å². The van der Waals surface area contributed by atoms with Crippen LogP contribution in [-0.4, -0.2) is 65.8 Å². The zero-order valence-corrected chi connectivity index (χ0v) is 18.4. The molecule has 0 aliphatic carbocycles. The molecular formula is C26H30FN3O2. The predicted octanol–water partition coefficient (Wildman–Crippen LogP) is 2.95. The van der Waals surface area contributed by atoms with E-state index in [1.165, 1.54) is 11.6 Å². The summed E-state index contributed by atoms with van der Waals surface area (Å²) in [6.45, 7) is 5.22. The molecule has 3 heterocycles. The minimum Gasteiger partial charge on any atom is -0.342 e. The number of rotatable bonds is 5. The van der Waals surface area contributed by atoms with Crippen LogP contribution in [0.3, 0.4) is 0 Å². The van der Waals surface area contributed by atoms with Gasteiger partial charge in [-0.3, -0.25) is 14.5 Å². The van der Waals surface area contributed by atoms with Gasteiger partial charge in [0.2, 0.25) is 11.8 Å². The maximum absolute atomic E-state index is 14.0. The summed E-state index contributed by atoms with van der Waals surface area (Å²) >= 11 is 0. The van der Waals surface area contributed by atoms with Crippen molar-refractivity contribution >= 4 is 11.8 Å². The van der Waals surface area contributed by atoms with Crippen molar-refractivity contribution in [1.29, 1.82) is 0 Å². The monoisotopic (exact) mass is 435 g/mol. The molecule has 2 amide bonds. The normalized spacial score (nSPS) is 22.3. The first-order valence-corrected chi connectivity index (χ1v) is 11.6. The first kappa shape index (κ1) is 21.1. The largest absolute Gasteiger partial charge is 0.342 e. The summed E-state index contributed by atoms with van der Waals surface area (Å²) in [6.07, 6.45) is 2.22. The fraction of sp³-hybridized carbons (Fsp3) is 0.462. The van der Waals surface area contributed by atoms with E-state index in [0.29, 0.717) is 18.7 Å². The Morgan fingerprint density at radius 2 is 1.59 bits per heavy atom. The molecule has 1 unspecified atom stereocenters. The SMILES string of the molecule is O=C(Cc1ccccc1F)N1CC2(CN(Cc3ccccc3)CC2C(=O)N2CCCC2)C1. The Morgan fingerprint density at radius 1 is 0.906 bits per heavy atom. The van der Waals surface area contributed by atoms with E-state index in [0.717, 1.165) is 45.6 Å². The molecule has 1 spiro atoms. The Kier molecular flexibility index (Phi) is 5.72.